The SMILES string of the molecule is CC(=O)OC[C@H]1O[C@H](O[C@H](C)[C@H](NC(=O)OCC2c3ccccc3-c3ccccc32)C(=O)O)[C@H](N=[N+]=[N-])[C@@H](OC(C)=O)[C@H]1OC(C)=O. The molecule has 2 N–H and O–H groups in total. The standard InChI is InChI=1S/C31H34N4O12/c1-15(44-30-26(34-35-32)28(46-18(4)38)27(45-17(3)37)24(47-30)14-42-16(2)36)25(29(39)40)33-31(41)43-13-23-21-11-7-5-9-19(21)20-10-6-8-12-22(20)23/h5-12,15,23-28,30H,13-14H2,1-4H3,(H,33,41)(H,39,40)/t15-,24-,25+,26-,27+,28-,30+/m1/s1. The van der Waals surface area contributed by atoms with Crippen LogP contribution in [0.2, 0.25) is 0 Å². The molecule has 2 aromatic rings. The Kier molecular flexibility index (Phi) is 11.4. The fourth-order valence-electron chi connectivity index (χ4n) is 5.62. The Morgan fingerprint density at radius 2 is 1.47 bits per heavy atom. The van der Waals surface area contributed by atoms with Crippen LogP contribution in [0.5, 0.6) is 0 Å². The molecule has 1 aliphatic carbocycles. The zero-order valence-corrected chi connectivity index (χ0v) is 25.9. The molecule has 250 valence electrons. The minimum atomic E-state index is -1.70. The molecule has 0 saturated carbocycles. The van der Waals surface area contributed by atoms with Crippen molar-refractivity contribution in [3.8, 4) is 11.1 Å². The van der Waals surface area contributed by atoms with E-state index in [0.29, 0.717) is 0 Å². The van der Waals surface area contributed by atoms with Crippen molar-refractivity contribution >= 4 is 30.0 Å². The molecular weight excluding hydrogens is 620 g/mol. The van der Waals surface area contributed by atoms with Gasteiger partial charge in [-0.15, -0.1) is 0 Å². The van der Waals surface area contributed by atoms with Gasteiger partial charge in [0.15, 0.2) is 24.5 Å². The molecule has 0 bridgehead atoms. The van der Waals surface area contributed by atoms with Crippen LogP contribution in [0.1, 0.15) is 44.7 Å². The number of hydrogen-bond donors (Lipinski definition) is 2. The predicted molar refractivity (Wildman–Crippen MR) is 160 cm³/mol. The summed E-state index contributed by atoms with van der Waals surface area (Å²) in [7, 11) is 0. The maximum Gasteiger partial charge on any atom is 0.407 e. The lowest BCUT2D eigenvalue weighted by molar-refractivity contribution is -0.284. The molecule has 1 saturated heterocycles. The first-order chi connectivity index (χ1) is 22.4. The van der Waals surface area contributed by atoms with Crippen molar-refractivity contribution in [2.75, 3.05) is 13.2 Å². The normalized spacial score (nSPS) is 22.7. The van der Waals surface area contributed by atoms with Crippen LogP contribution in [0.4, 0.5) is 4.79 Å². The predicted octanol–water partition coefficient (Wildman–Crippen LogP) is 3.21. The number of benzene rings is 2. The van der Waals surface area contributed by atoms with Crippen molar-refractivity contribution in [3.63, 3.8) is 0 Å². The number of rotatable bonds is 12. The second-order valence-electron chi connectivity index (χ2n) is 10.8. The molecule has 2 aromatic carbocycles. The number of nitrogens with zero attached hydrogens (tertiary/aromatic N) is 3. The van der Waals surface area contributed by atoms with Gasteiger partial charge in [0.1, 0.15) is 25.4 Å². The molecule has 1 amide bonds. The number of hydrogen-bond acceptors (Lipinski definition) is 12. The van der Waals surface area contributed by atoms with Gasteiger partial charge in [0.25, 0.3) is 0 Å². The fourth-order valence-corrected chi connectivity index (χ4v) is 5.62. The Morgan fingerprint density at radius 1 is 0.894 bits per heavy atom. The molecule has 0 radical (unpaired) electrons. The highest BCUT2D eigenvalue weighted by Crippen LogP contribution is 2.44. The Labute approximate surface area is 268 Å². The number of aliphatic carboxylic acids is 1. The smallest absolute Gasteiger partial charge is 0.407 e. The summed E-state index contributed by atoms with van der Waals surface area (Å²) >= 11 is 0. The van der Waals surface area contributed by atoms with Crippen molar-refractivity contribution in [1.82, 2.24) is 5.32 Å². The van der Waals surface area contributed by atoms with Gasteiger partial charge in [-0.1, -0.05) is 53.6 Å². The Bertz CT molecular complexity index is 1510. The number of fused-ring (bicyclic) bond motifs is 3. The van der Waals surface area contributed by atoms with Crippen LogP contribution < -0.4 is 5.32 Å². The van der Waals surface area contributed by atoms with E-state index in [9.17, 15) is 34.6 Å². The summed E-state index contributed by atoms with van der Waals surface area (Å²) in [5.41, 5.74) is 13.2. The third kappa shape index (κ3) is 8.35. The summed E-state index contributed by atoms with van der Waals surface area (Å²) in [6, 6.07) is 12.2. The highest BCUT2D eigenvalue weighted by atomic mass is 16.7. The lowest BCUT2D eigenvalue weighted by atomic mass is 9.96. The molecule has 16 nitrogen and oxygen atoms in total. The maximum atomic E-state index is 12.9. The molecule has 0 aromatic heterocycles. The van der Waals surface area contributed by atoms with Crippen LogP contribution in [0.25, 0.3) is 21.6 Å². The van der Waals surface area contributed by atoms with Gasteiger partial charge in [-0.25, -0.2) is 9.59 Å². The number of amides is 1. The van der Waals surface area contributed by atoms with Crippen LogP contribution in [-0.2, 0) is 47.6 Å². The Morgan fingerprint density at radius 3 is 2.00 bits per heavy atom. The van der Waals surface area contributed by atoms with Gasteiger partial charge >= 0.3 is 30.0 Å². The van der Waals surface area contributed by atoms with Crippen molar-refractivity contribution in [3.05, 3.63) is 70.1 Å². The number of alkyl carbamates (subject to hydrolysis) is 1. The molecule has 7 atom stereocenters. The summed E-state index contributed by atoms with van der Waals surface area (Å²) in [6.07, 6.45) is -8.22. The third-order valence-corrected chi connectivity index (χ3v) is 7.56. The van der Waals surface area contributed by atoms with Crippen LogP contribution >= 0.6 is 0 Å². The summed E-state index contributed by atoms with van der Waals surface area (Å²) in [6.45, 7) is 3.99. The molecule has 1 aliphatic heterocycles. The molecule has 4 rings (SSSR count). The summed E-state index contributed by atoms with van der Waals surface area (Å²) in [5, 5.41) is 15.9. The lowest BCUT2D eigenvalue weighted by Crippen LogP contribution is -2.62. The van der Waals surface area contributed by atoms with Gasteiger partial charge in [0, 0.05) is 31.6 Å². The van der Waals surface area contributed by atoms with E-state index in [-0.39, 0.29) is 12.5 Å². The van der Waals surface area contributed by atoms with Crippen LogP contribution in [0, 0.1) is 0 Å². The highest BCUT2D eigenvalue weighted by molar-refractivity contribution is 5.81. The monoisotopic (exact) mass is 654 g/mol. The number of esters is 3. The van der Waals surface area contributed by atoms with Crippen molar-refractivity contribution < 1.29 is 57.5 Å². The van der Waals surface area contributed by atoms with Crippen LogP contribution in [-0.4, -0.2) is 91.1 Å². The number of carboxylic acids is 1. The molecule has 1 fully saturated rings. The molecule has 1 heterocycles. The molecular formula is C31H34N4O12. The van der Waals surface area contributed by atoms with Crippen molar-refractivity contribution in [1.29, 1.82) is 0 Å². The zero-order valence-electron chi connectivity index (χ0n) is 25.9. The molecule has 0 spiro atoms. The highest BCUT2D eigenvalue weighted by Gasteiger charge is 2.51. The van der Waals surface area contributed by atoms with E-state index in [0.717, 1.165) is 43.0 Å². The van der Waals surface area contributed by atoms with Crippen molar-refractivity contribution in [2.24, 2.45) is 5.11 Å². The van der Waals surface area contributed by atoms with Gasteiger partial charge in [0.05, 0.1) is 6.10 Å². The van der Waals surface area contributed by atoms with Crippen LogP contribution in [0.3, 0.4) is 0 Å². The second-order valence-corrected chi connectivity index (χ2v) is 10.8. The molecule has 0 unspecified atom stereocenters. The Hall–Kier alpha value is -5.18. The summed E-state index contributed by atoms with van der Waals surface area (Å²) in [4.78, 5) is 63.4. The first-order valence-electron chi connectivity index (χ1n) is 14.6. The number of carboxylic acid groups (broad SMARTS) is 1. The van der Waals surface area contributed by atoms with Gasteiger partial charge < -0.3 is 38.8 Å². The number of nitrogens with one attached hydrogen (secondary N) is 1. The number of azide groups is 1. The van der Waals surface area contributed by atoms with Gasteiger partial charge in [-0.3, -0.25) is 14.4 Å². The minimum absolute atomic E-state index is 0.0778. The zero-order chi connectivity index (χ0) is 34.2. The van der Waals surface area contributed by atoms with E-state index in [1.807, 2.05) is 48.5 Å². The first kappa shape index (κ1) is 34.7. The topological polar surface area (TPSA) is 222 Å². The largest absolute Gasteiger partial charge is 0.480 e. The van der Waals surface area contributed by atoms with Gasteiger partial charge in [-0.05, 0) is 34.7 Å². The van der Waals surface area contributed by atoms with Crippen LogP contribution in [0.15, 0.2) is 53.6 Å². The quantitative estimate of drug-likeness (QED) is 0.111. The minimum Gasteiger partial charge on any atom is -0.480 e. The number of ether oxygens (including phenoxy) is 6. The average molecular weight is 655 g/mol. The number of carbonyl (C=O) groups excluding carboxylic acids is 4. The molecule has 16 heteroatoms. The van der Waals surface area contributed by atoms with Gasteiger partial charge in [-0.2, -0.15) is 0 Å². The summed E-state index contributed by atoms with van der Waals surface area (Å²) in [5.74, 6) is -4.13. The van der Waals surface area contributed by atoms with Crippen molar-refractivity contribution in [2.45, 2.75) is 76.4 Å². The van der Waals surface area contributed by atoms with E-state index in [2.05, 4.69) is 15.3 Å². The molecule has 47 heavy (non-hydrogen) atoms. The van der Waals surface area contributed by atoms with E-state index in [1.54, 1.807) is 0 Å². The van der Waals surface area contributed by atoms with Gasteiger partial charge in [0.2, 0.25) is 0 Å². The second kappa shape index (κ2) is 15.4. The van der Waals surface area contributed by atoms with E-state index in [1.165, 1.54) is 6.92 Å². The Balaban J connectivity index is 1.50. The fraction of sp³-hybridized carbons (Fsp3) is 0.452. The molecule has 2 aliphatic rings. The average Bonchev–Trinajstić information content (AvgIpc) is 3.33. The lowest BCUT2D eigenvalue weighted by Gasteiger charge is -2.44. The van der Waals surface area contributed by atoms with E-state index < -0.39 is 79.4 Å². The summed E-state index contributed by atoms with van der Waals surface area (Å²) < 4.78 is 32.8. The van der Waals surface area contributed by atoms with E-state index >= 15 is 0 Å². The maximum absolute atomic E-state index is 12.9. The first-order valence-corrected chi connectivity index (χ1v) is 14.6. The van der Waals surface area contributed by atoms with E-state index in [4.69, 9.17) is 28.4 Å². The third-order valence-electron chi connectivity index (χ3n) is 7.56. The number of carbonyl (C=O) groups is 5.